The van der Waals surface area contributed by atoms with E-state index in [0.29, 0.717) is 36.8 Å². The summed E-state index contributed by atoms with van der Waals surface area (Å²) in [7, 11) is 1.91. The normalized spacial score (nSPS) is 15.8. The lowest BCUT2D eigenvalue weighted by Crippen LogP contribution is -2.51. The van der Waals surface area contributed by atoms with Gasteiger partial charge < -0.3 is 19.1 Å². The van der Waals surface area contributed by atoms with Crippen molar-refractivity contribution in [2.45, 2.75) is 26.4 Å². The molecule has 0 saturated carbocycles. The minimum absolute atomic E-state index is 0.192. The highest BCUT2D eigenvalue weighted by molar-refractivity contribution is 7.17. The Morgan fingerprint density at radius 1 is 1.25 bits per heavy atom. The molecule has 24 heavy (non-hydrogen) atoms. The monoisotopic (exact) mass is 350 g/mol. The van der Waals surface area contributed by atoms with E-state index in [0.717, 1.165) is 5.52 Å². The summed E-state index contributed by atoms with van der Waals surface area (Å²) in [5.41, 5.74) is 0.205. The van der Waals surface area contributed by atoms with Crippen LogP contribution in [-0.2, 0) is 11.8 Å². The maximum Gasteiger partial charge on any atom is 0.410 e. The fraction of sp³-hybridized carbons (Fsp3) is 0.562. The fourth-order valence-corrected chi connectivity index (χ4v) is 3.55. The van der Waals surface area contributed by atoms with Gasteiger partial charge in [0.05, 0.1) is 5.52 Å². The predicted octanol–water partition coefficient (Wildman–Crippen LogP) is 2.05. The van der Waals surface area contributed by atoms with Crippen LogP contribution < -0.4 is 10.5 Å². The van der Waals surface area contributed by atoms with Gasteiger partial charge in [0, 0.05) is 33.2 Å². The second kappa shape index (κ2) is 6.08. The SMILES string of the molecule is Cn1c(N2CCN(C(=O)OC(C)(C)C)CC2)nc(=O)c2sccc21. The van der Waals surface area contributed by atoms with Crippen LogP contribution in [-0.4, -0.2) is 52.3 Å². The van der Waals surface area contributed by atoms with E-state index in [-0.39, 0.29) is 11.7 Å². The molecule has 0 aliphatic carbocycles. The van der Waals surface area contributed by atoms with Crippen molar-refractivity contribution in [1.29, 1.82) is 0 Å². The minimum Gasteiger partial charge on any atom is -0.444 e. The third-order valence-electron chi connectivity index (χ3n) is 3.92. The molecule has 1 saturated heterocycles. The van der Waals surface area contributed by atoms with Crippen molar-refractivity contribution in [1.82, 2.24) is 14.5 Å². The van der Waals surface area contributed by atoms with Crippen molar-refractivity contribution in [3.05, 3.63) is 21.8 Å². The van der Waals surface area contributed by atoms with Crippen molar-refractivity contribution >= 4 is 33.6 Å². The van der Waals surface area contributed by atoms with Crippen LogP contribution in [0.1, 0.15) is 20.8 Å². The zero-order valence-electron chi connectivity index (χ0n) is 14.4. The quantitative estimate of drug-likeness (QED) is 0.787. The molecule has 2 aromatic rings. The zero-order chi connectivity index (χ0) is 17.5. The second-order valence-electron chi connectivity index (χ2n) is 6.87. The van der Waals surface area contributed by atoms with E-state index in [1.807, 2.05) is 48.7 Å². The molecule has 1 aliphatic rings. The van der Waals surface area contributed by atoms with Crippen molar-refractivity contribution in [2.24, 2.45) is 7.05 Å². The van der Waals surface area contributed by atoms with E-state index in [4.69, 9.17) is 4.74 Å². The number of ether oxygens (including phenoxy) is 1. The maximum atomic E-state index is 12.2. The molecular formula is C16H22N4O3S. The van der Waals surface area contributed by atoms with E-state index in [9.17, 15) is 9.59 Å². The van der Waals surface area contributed by atoms with Crippen LogP contribution in [0.25, 0.3) is 10.2 Å². The van der Waals surface area contributed by atoms with Crippen molar-refractivity contribution in [3.8, 4) is 0 Å². The summed E-state index contributed by atoms with van der Waals surface area (Å²) in [6.07, 6.45) is -0.294. The third-order valence-corrected chi connectivity index (χ3v) is 4.81. The van der Waals surface area contributed by atoms with Gasteiger partial charge in [-0.25, -0.2) is 4.79 Å². The Kier molecular flexibility index (Phi) is 4.25. The molecule has 0 spiro atoms. The highest BCUT2D eigenvalue weighted by Crippen LogP contribution is 2.21. The van der Waals surface area contributed by atoms with Gasteiger partial charge in [-0.15, -0.1) is 11.3 Å². The Bertz CT molecular complexity index is 813. The topological polar surface area (TPSA) is 67.7 Å². The van der Waals surface area contributed by atoms with E-state index in [2.05, 4.69) is 4.98 Å². The lowest BCUT2D eigenvalue weighted by atomic mass is 10.2. The van der Waals surface area contributed by atoms with Gasteiger partial charge in [0.2, 0.25) is 5.95 Å². The lowest BCUT2D eigenvalue weighted by molar-refractivity contribution is 0.0240. The summed E-state index contributed by atoms with van der Waals surface area (Å²) < 4.78 is 8.02. The average Bonchev–Trinajstić information content (AvgIpc) is 3.00. The number of hydrogen-bond acceptors (Lipinski definition) is 6. The molecule has 7 nitrogen and oxygen atoms in total. The molecule has 2 aromatic heterocycles. The summed E-state index contributed by atoms with van der Waals surface area (Å²) in [5, 5.41) is 1.90. The molecule has 8 heteroatoms. The molecule has 1 aliphatic heterocycles. The Balaban J connectivity index is 1.75. The second-order valence-corrected chi connectivity index (χ2v) is 7.78. The molecule has 0 aromatic carbocycles. The molecular weight excluding hydrogens is 328 g/mol. The number of nitrogens with zero attached hydrogens (tertiary/aromatic N) is 4. The van der Waals surface area contributed by atoms with Crippen LogP contribution in [0.3, 0.4) is 0 Å². The standard InChI is InChI=1S/C16H22N4O3S/c1-16(2,3)23-15(22)20-8-6-19(7-9-20)14-17-13(21)12-11(18(14)4)5-10-24-12/h5,10H,6-9H2,1-4H3. The number of piperazine rings is 1. The Morgan fingerprint density at radius 3 is 2.54 bits per heavy atom. The van der Waals surface area contributed by atoms with Crippen LogP contribution >= 0.6 is 11.3 Å². The van der Waals surface area contributed by atoms with Crippen LogP contribution in [0.5, 0.6) is 0 Å². The van der Waals surface area contributed by atoms with Crippen molar-refractivity contribution in [3.63, 3.8) is 0 Å². The summed E-state index contributed by atoms with van der Waals surface area (Å²) in [5.74, 6) is 0.648. The Morgan fingerprint density at radius 2 is 1.92 bits per heavy atom. The number of fused-ring (bicyclic) bond motifs is 1. The Labute approximate surface area is 144 Å². The molecule has 1 fully saturated rings. The summed E-state index contributed by atoms with van der Waals surface area (Å²) in [6.45, 7) is 7.91. The lowest BCUT2D eigenvalue weighted by Gasteiger charge is -2.36. The number of anilines is 1. The molecule has 0 atom stereocenters. The van der Waals surface area contributed by atoms with Crippen LogP contribution in [0.15, 0.2) is 16.2 Å². The zero-order valence-corrected chi connectivity index (χ0v) is 15.2. The van der Waals surface area contributed by atoms with Gasteiger partial charge in [-0.3, -0.25) is 4.79 Å². The van der Waals surface area contributed by atoms with Crippen molar-refractivity contribution < 1.29 is 9.53 Å². The highest BCUT2D eigenvalue weighted by Gasteiger charge is 2.27. The highest BCUT2D eigenvalue weighted by atomic mass is 32.1. The minimum atomic E-state index is -0.496. The average molecular weight is 350 g/mol. The predicted molar refractivity (Wildman–Crippen MR) is 94.9 cm³/mol. The maximum absolute atomic E-state index is 12.2. The molecule has 0 bridgehead atoms. The van der Waals surface area contributed by atoms with Gasteiger partial charge in [-0.05, 0) is 32.2 Å². The number of rotatable bonds is 1. The molecule has 3 rings (SSSR count). The van der Waals surface area contributed by atoms with Gasteiger partial charge in [0.1, 0.15) is 10.3 Å². The van der Waals surface area contributed by atoms with Crippen molar-refractivity contribution in [2.75, 3.05) is 31.1 Å². The first-order valence-electron chi connectivity index (χ1n) is 7.93. The molecule has 0 unspecified atom stereocenters. The van der Waals surface area contributed by atoms with Gasteiger partial charge in [0.15, 0.2) is 0 Å². The van der Waals surface area contributed by atoms with E-state index in [1.54, 1.807) is 4.90 Å². The number of aryl methyl sites for hydroxylation is 1. The van der Waals surface area contributed by atoms with Gasteiger partial charge in [0.25, 0.3) is 5.56 Å². The van der Waals surface area contributed by atoms with Gasteiger partial charge in [-0.2, -0.15) is 4.98 Å². The first-order chi connectivity index (χ1) is 11.3. The molecule has 1 amide bonds. The number of thiophene rings is 1. The van der Waals surface area contributed by atoms with E-state index < -0.39 is 5.60 Å². The molecule has 3 heterocycles. The molecule has 130 valence electrons. The summed E-state index contributed by atoms with van der Waals surface area (Å²) >= 11 is 1.41. The van der Waals surface area contributed by atoms with Crippen LogP contribution in [0, 0.1) is 0 Å². The smallest absolute Gasteiger partial charge is 0.410 e. The number of aromatic nitrogens is 2. The van der Waals surface area contributed by atoms with E-state index in [1.165, 1.54) is 11.3 Å². The molecule has 0 N–H and O–H groups in total. The van der Waals surface area contributed by atoms with E-state index >= 15 is 0 Å². The largest absolute Gasteiger partial charge is 0.444 e. The van der Waals surface area contributed by atoms with Crippen LogP contribution in [0.2, 0.25) is 0 Å². The first kappa shape index (κ1) is 16.8. The van der Waals surface area contributed by atoms with Gasteiger partial charge in [-0.1, -0.05) is 0 Å². The fourth-order valence-electron chi connectivity index (χ4n) is 2.75. The third kappa shape index (κ3) is 3.24. The summed E-state index contributed by atoms with van der Waals surface area (Å²) in [4.78, 5) is 32.3. The first-order valence-corrected chi connectivity index (χ1v) is 8.81. The Hall–Kier alpha value is -2.09. The molecule has 0 radical (unpaired) electrons. The number of hydrogen-bond donors (Lipinski definition) is 0. The number of carbonyl (C=O) groups excluding carboxylic acids is 1. The van der Waals surface area contributed by atoms with Gasteiger partial charge >= 0.3 is 6.09 Å². The van der Waals surface area contributed by atoms with Crippen LogP contribution in [0.4, 0.5) is 10.7 Å². The summed E-state index contributed by atoms with van der Waals surface area (Å²) in [6, 6.07) is 1.93. The number of amides is 1. The number of carbonyl (C=O) groups is 1.